The minimum absolute atomic E-state index is 0.209. The maximum absolute atomic E-state index is 13.2. The van der Waals surface area contributed by atoms with E-state index in [4.69, 9.17) is 4.74 Å². The third-order valence-corrected chi connectivity index (χ3v) is 3.39. The fourth-order valence-corrected chi connectivity index (χ4v) is 2.35. The van der Waals surface area contributed by atoms with Gasteiger partial charge >= 0.3 is 0 Å². The van der Waals surface area contributed by atoms with Gasteiger partial charge in [0.2, 0.25) is 0 Å². The van der Waals surface area contributed by atoms with Crippen molar-refractivity contribution in [2.75, 3.05) is 20.3 Å². The Kier molecular flexibility index (Phi) is 5.90. The minimum atomic E-state index is -0.209. The highest BCUT2D eigenvalue weighted by atomic mass is 19.1. The number of ether oxygens (including phenoxy) is 1. The molecular weight excluding hydrogens is 269 g/mol. The zero-order valence-corrected chi connectivity index (χ0v) is 12.6. The summed E-state index contributed by atoms with van der Waals surface area (Å²) in [5.74, 6) is -0.209. The van der Waals surface area contributed by atoms with E-state index in [9.17, 15) is 4.39 Å². The van der Waals surface area contributed by atoms with Crippen LogP contribution in [0.3, 0.4) is 0 Å². The van der Waals surface area contributed by atoms with Crippen LogP contribution in [-0.2, 0) is 24.2 Å². The Morgan fingerprint density at radius 3 is 2.95 bits per heavy atom. The first-order chi connectivity index (χ1) is 10.2. The van der Waals surface area contributed by atoms with Crippen LogP contribution in [0.1, 0.15) is 23.7 Å². The lowest BCUT2D eigenvalue weighted by molar-refractivity contribution is 0.199. The first kappa shape index (κ1) is 15.7. The van der Waals surface area contributed by atoms with Crippen molar-refractivity contribution in [1.29, 1.82) is 0 Å². The third kappa shape index (κ3) is 4.37. The summed E-state index contributed by atoms with van der Waals surface area (Å²) in [7, 11) is 1.69. The highest BCUT2D eigenvalue weighted by Gasteiger charge is 2.09. The van der Waals surface area contributed by atoms with Crippen molar-refractivity contribution in [3.05, 3.63) is 53.1 Å². The molecule has 1 aromatic carbocycles. The van der Waals surface area contributed by atoms with Crippen LogP contribution in [0.2, 0.25) is 0 Å². The summed E-state index contributed by atoms with van der Waals surface area (Å²) in [6, 6.07) is 6.66. The highest BCUT2D eigenvalue weighted by molar-refractivity contribution is 5.21. The lowest BCUT2D eigenvalue weighted by Crippen LogP contribution is -2.19. The van der Waals surface area contributed by atoms with E-state index in [1.165, 1.54) is 17.3 Å². The molecule has 5 heteroatoms. The average Bonchev–Trinajstić information content (AvgIpc) is 2.85. The first-order valence-electron chi connectivity index (χ1n) is 7.22. The molecule has 114 valence electrons. The Bertz CT molecular complexity index is 568. The summed E-state index contributed by atoms with van der Waals surface area (Å²) in [4.78, 5) is 0. The number of halogens is 1. The van der Waals surface area contributed by atoms with Gasteiger partial charge in [-0.05, 0) is 24.1 Å². The summed E-state index contributed by atoms with van der Waals surface area (Å²) in [6.45, 7) is 4.99. The Balaban J connectivity index is 2.05. The maximum atomic E-state index is 13.2. The van der Waals surface area contributed by atoms with Crippen LogP contribution >= 0.6 is 0 Å². The lowest BCUT2D eigenvalue weighted by atomic mass is 10.2. The van der Waals surface area contributed by atoms with E-state index < -0.39 is 0 Å². The fourth-order valence-electron chi connectivity index (χ4n) is 2.35. The quantitative estimate of drug-likeness (QED) is 0.759. The summed E-state index contributed by atoms with van der Waals surface area (Å²) in [5.41, 5.74) is 3.29. The fraction of sp³-hybridized carbons (Fsp3) is 0.438. The van der Waals surface area contributed by atoms with Crippen molar-refractivity contribution in [1.82, 2.24) is 15.1 Å². The molecule has 0 saturated carbocycles. The number of hydrogen-bond donors (Lipinski definition) is 1. The minimum Gasteiger partial charge on any atom is -0.383 e. The molecule has 0 spiro atoms. The average molecular weight is 291 g/mol. The molecule has 2 aromatic rings. The number of methoxy groups -OCH3 is 1. The molecule has 0 bridgehead atoms. The second-order valence-electron chi connectivity index (χ2n) is 4.93. The molecular formula is C16H22FN3O. The van der Waals surface area contributed by atoms with Gasteiger partial charge in [-0.2, -0.15) is 5.10 Å². The van der Waals surface area contributed by atoms with E-state index in [0.29, 0.717) is 13.2 Å². The molecule has 1 N–H and O–H groups in total. The zero-order valence-electron chi connectivity index (χ0n) is 12.6. The summed E-state index contributed by atoms with van der Waals surface area (Å²) >= 11 is 0. The van der Waals surface area contributed by atoms with Gasteiger partial charge in [-0.15, -0.1) is 0 Å². The SMILES string of the molecule is CCc1c(CNCCOC)cnn1Cc1cccc(F)c1. The second-order valence-corrected chi connectivity index (χ2v) is 4.93. The number of benzene rings is 1. The van der Waals surface area contributed by atoms with E-state index in [-0.39, 0.29) is 5.82 Å². The molecule has 1 heterocycles. The molecule has 0 fully saturated rings. The summed E-state index contributed by atoms with van der Waals surface area (Å²) < 4.78 is 20.2. The van der Waals surface area contributed by atoms with Gasteiger partial charge in [-0.3, -0.25) is 4.68 Å². The summed E-state index contributed by atoms with van der Waals surface area (Å²) in [6.07, 6.45) is 2.79. The number of hydrogen-bond acceptors (Lipinski definition) is 3. The Hall–Kier alpha value is -1.72. The van der Waals surface area contributed by atoms with E-state index in [0.717, 1.165) is 25.1 Å². The van der Waals surface area contributed by atoms with E-state index >= 15 is 0 Å². The van der Waals surface area contributed by atoms with Crippen LogP contribution in [-0.4, -0.2) is 30.0 Å². The Labute approximate surface area is 124 Å². The standard InChI is InChI=1S/C16H22FN3O/c1-3-16-14(10-18-7-8-21-2)11-19-20(16)12-13-5-4-6-15(17)9-13/h4-6,9,11,18H,3,7-8,10,12H2,1-2H3. The maximum Gasteiger partial charge on any atom is 0.123 e. The van der Waals surface area contributed by atoms with Crippen molar-refractivity contribution in [3.63, 3.8) is 0 Å². The molecule has 0 radical (unpaired) electrons. The highest BCUT2D eigenvalue weighted by Crippen LogP contribution is 2.13. The predicted octanol–water partition coefficient (Wildman–Crippen LogP) is 2.37. The molecule has 0 amide bonds. The van der Waals surface area contributed by atoms with Crippen LogP contribution in [0.25, 0.3) is 0 Å². The molecule has 2 rings (SSSR count). The second kappa shape index (κ2) is 7.90. The molecule has 0 aliphatic rings. The van der Waals surface area contributed by atoms with Crippen LogP contribution in [0.5, 0.6) is 0 Å². The number of rotatable bonds is 8. The van der Waals surface area contributed by atoms with E-state index in [2.05, 4.69) is 17.3 Å². The monoisotopic (exact) mass is 291 g/mol. The van der Waals surface area contributed by atoms with Gasteiger partial charge in [0.15, 0.2) is 0 Å². The van der Waals surface area contributed by atoms with Crippen molar-refractivity contribution >= 4 is 0 Å². The lowest BCUT2D eigenvalue weighted by Gasteiger charge is -2.09. The van der Waals surface area contributed by atoms with Crippen LogP contribution in [0.15, 0.2) is 30.5 Å². The van der Waals surface area contributed by atoms with Gasteiger partial charge in [0.25, 0.3) is 0 Å². The predicted molar refractivity (Wildman–Crippen MR) is 80.7 cm³/mol. The van der Waals surface area contributed by atoms with Gasteiger partial charge in [-0.1, -0.05) is 19.1 Å². The smallest absolute Gasteiger partial charge is 0.123 e. The molecule has 0 aliphatic carbocycles. The molecule has 4 nitrogen and oxygen atoms in total. The van der Waals surface area contributed by atoms with Gasteiger partial charge in [0.1, 0.15) is 5.82 Å². The number of aromatic nitrogens is 2. The van der Waals surface area contributed by atoms with Gasteiger partial charge in [-0.25, -0.2) is 4.39 Å². The third-order valence-electron chi connectivity index (χ3n) is 3.39. The van der Waals surface area contributed by atoms with Crippen molar-refractivity contribution in [2.45, 2.75) is 26.4 Å². The largest absolute Gasteiger partial charge is 0.383 e. The van der Waals surface area contributed by atoms with Crippen LogP contribution in [0, 0.1) is 5.82 Å². The Morgan fingerprint density at radius 2 is 2.24 bits per heavy atom. The molecule has 0 aliphatic heterocycles. The van der Waals surface area contributed by atoms with Crippen molar-refractivity contribution in [2.24, 2.45) is 0 Å². The van der Waals surface area contributed by atoms with E-state index in [1.807, 2.05) is 16.9 Å². The van der Waals surface area contributed by atoms with Gasteiger partial charge in [0, 0.05) is 31.5 Å². The van der Waals surface area contributed by atoms with Crippen LogP contribution in [0.4, 0.5) is 4.39 Å². The molecule has 1 aromatic heterocycles. The topological polar surface area (TPSA) is 39.1 Å². The van der Waals surface area contributed by atoms with Crippen molar-refractivity contribution < 1.29 is 9.13 Å². The molecule has 0 unspecified atom stereocenters. The Morgan fingerprint density at radius 1 is 1.38 bits per heavy atom. The van der Waals surface area contributed by atoms with Crippen LogP contribution < -0.4 is 5.32 Å². The van der Waals surface area contributed by atoms with Gasteiger partial charge in [0.05, 0.1) is 19.3 Å². The van der Waals surface area contributed by atoms with Crippen molar-refractivity contribution in [3.8, 4) is 0 Å². The summed E-state index contributed by atoms with van der Waals surface area (Å²) in [5, 5.41) is 7.76. The number of nitrogens with one attached hydrogen (secondary N) is 1. The van der Waals surface area contributed by atoms with E-state index in [1.54, 1.807) is 19.2 Å². The molecule has 21 heavy (non-hydrogen) atoms. The molecule has 0 atom stereocenters. The normalized spacial score (nSPS) is 11.0. The molecule has 0 saturated heterocycles. The zero-order chi connectivity index (χ0) is 15.1. The number of nitrogens with zero attached hydrogens (tertiary/aromatic N) is 2. The first-order valence-corrected chi connectivity index (χ1v) is 7.22. The van der Waals surface area contributed by atoms with Gasteiger partial charge < -0.3 is 10.1 Å².